The molecule has 0 bridgehead atoms. The van der Waals surface area contributed by atoms with Crippen LogP contribution in [0.25, 0.3) is 10.8 Å². The third-order valence-electron chi connectivity index (χ3n) is 7.80. The van der Waals surface area contributed by atoms with Crippen LogP contribution in [-0.2, 0) is 13.0 Å². The number of likely N-dealkylation sites (N-methyl/N-ethyl adjacent to an activating group) is 1. The molecule has 0 spiro atoms. The topological polar surface area (TPSA) is 41.6 Å². The van der Waals surface area contributed by atoms with E-state index in [1.807, 2.05) is 98.9 Å². The molecule has 5 heteroatoms. The molecule has 0 fully saturated rings. The number of rotatable bonds is 10. The molecule has 5 aromatic rings. The van der Waals surface area contributed by atoms with Crippen LogP contribution in [-0.4, -0.2) is 28.4 Å². The summed E-state index contributed by atoms with van der Waals surface area (Å²) in [5.41, 5.74) is 3.12. The minimum absolute atomic E-state index is 0.00897. The molecule has 0 saturated heterocycles. The van der Waals surface area contributed by atoms with Crippen LogP contribution in [0.4, 0.5) is 0 Å². The van der Waals surface area contributed by atoms with E-state index in [2.05, 4.69) is 59.6 Å². The number of carbonyl (C=O) groups is 1. The van der Waals surface area contributed by atoms with Crippen molar-refractivity contribution in [3.05, 3.63) is 150 Å². The van der Waals surface area contributed by atoms with E-state index in [0.717, 1.165) is 16.9 Å². The normalized spacial score (nSPS) is 13.1. The second-order valence-corrected chi connectivity index (χ2v) is 11.3. The standard InChI is InChI=1S/C37H36N2O2S/c1-27(33-20-12-18-30-15-10-11-19-34(30)33)39(3)36(42)37(2,38-35(40)31-16-8-5-9-17-31)25-28-21-23-32(24-22-28)41-26-29-13-6-4-7-14-29/h4-24,27H,25-26H2,1-3H3,(H,38,40)/t27-,37-/m1/s1. The predicted octanol–water partition coefficient (Wildman–Crippen LogP) is 8.17. The molecule has 0 aliphatic heterocycles. The van der Waals surface area contributed by atoms with E-state index in [1.54, 1.807) is 0 Å². The van der Waals surface area contributed by atoms with Crippen molar-refractivity contribution in [3.63, 3.8) is 0 Å². The number of hydrogen-bond donors (Lipinski definition) is 1. The first-order chi connectivity index (χ1) is 20.3. The molecule has 0 unspecified atom stereocenters. The Labute approximate surface area is 254 Å². The van der Waals surface area contributed by atoms with Crippen molar-refractivity contribution in [3.8, 4) is 5.75 Å². The summed E-state index contributed by atoms with van der Waals surface area (Å²) in [6.45, 7) is 4.68. The Bertz CT molecular complexity index is 1650. The van der Waals surface area contributed by atoms with E-state index >= 15 is 0 Å². The van der Waals surface area contributed by atoms with Gasteiger partial charge in [-0.05, 0) is 65.6 Å². The minimum atomic E-state index is -0.831. The lowest BCUT2D eigenvalue weighted by Crippen LogP contribution is -2.58. The number of hydrogen-bond acceptors (Lipinski definition) is 3. The number of amides is 1. The van der Waals surface area contributed by atoms with Gasteiger partial charge < -0.3 is 15.0 Å². The Morgan fingerprint density at radius 2 is 1.43 bits per heavy atom. The van der Waals surface area contributed by atoms with Crippen LogP contribution in [0.2, 0.25) is 0 Å². The first kappa shape index (κ1) is 29.0. The molecule has 0 radical (unpaired) electrons. The zero-order chi connectivity index (χ0) is 29.5. The van der Waals surface area contributed by atoms with Gasteiger partial charge >= 0.3 is 0 Å². The summed E-state index contributed by atoms with van der Waals surface area (Å²) in [7, 11) is 2.02. The highest BCUT2D eigenvalue weighted by Gasteiger charge is 2.36. The fourth-order valence-electron chi connectivity index (χ4n) is 5.33. The van der Waals surface area contributed by atoms with Crippen molar-refractivity contribution in [2.45, 2.75) is 38.5 Å². The largest absolute Gasteiger partial charge is 0.489 e. The Hall–Kier alpha value is -4.48. The molecule has 42 heavy (non-hydrogen) atoms. The van der Waals surface area contributed by atoms with Gasteiger partial charge in [0, 0.05) is 19.0 Å². The molecule has 0 aromatic heterocycles. The van der Waals surface area contributed by atoms with Crippen LogP contribution in [0.15, 0.2) is 127 Å². The first-order valence-electron chi connectivity index (χ1n) is 14.2. The van der Waals surface area contributed by atoms with E-state index in [1.165, 1.54) is 16.3 Å². The Morgan fingerprint density at radius 1 is 0.810 bits per heavy atom. The van der Waals surface area contributed by atoms with Gasteiger partial charge in [-0.1, -0.05) is 115 Å². The molecule has 0 aliphatic carbocycles. The summed E-state index contributed by atoms with van der Waals surface area (Å²) < 4.78 is 6.00. The van der Waals surface area contributed by atoms with Crippen molar-refractivity contribution >= 4 is 33.9 Å². The SMILES string of the molecule is C[C@H](c1cccc2ccccc12)N(C)C(=S)[C@@](C)(Cc1ccc(OCc2ccccc2)cc1)NC(=O)c1ccccc1. The van der Waals surface area contributed by atoms with Gasteiger partial charge in [0.05, 0.1) is 11.6 Å². The third-order valence-corrected chi connectivity index (χ3v) is 8.54. The van der Waals surface area contributed by atoms with Gasteiger partial charge in [0.25, 0.3) is 5.91 Å². The quantitative estimate of drug-likeness (QED) is 0.171. The van der Waals surface area contributed by atoms with Crippen LogP contribution in [0.3, 0.4) is 0 Å². The van der Waals surface area contributed by atoms with Crippen molar-refractivity contribution in [2.75, 3.05) is 7.05 Å². The number of nitrogens with one attached hydrogen (secondary N) is 1. The molecule has 5 rings (SSSR count). The number of thiocarbonyl (C=S) groups is 1. The zero-order valence-electron chi connectivity index (χ0n) is 24.3. The maximum atomic E-state index is 13.5. The third kappa shape index (κ3) is 6.69. The van der Waals surface area contributed by atoms with Crippen LogP contribution < -0.4 is 10.1 Å². The number of fused-ring (bicyclic) bond motifs is 1. The minimum Gasteiger partial charge on any atom is -0.489 e. The van der Waals surface area contributed by atoms with E-state index in [0.29, 0.717) is 23.6 Å². The molecule has 5 aromatic carbocycles. The van der Waals surface area contributed by atoms with Crippen LogP contribution in [0.5, 0.6) is 5.75 Å². The molecule has 2 atom stereocenters. The number of carbonyl (C=O) groups excluding carboxylic acids is 1. The van der Waals surface area contributed by atoms with Crippen molar-refractivity contribution in [2.24, 2.45) is 0 Å². The number of benzene rings is 5. The van der Waals surface area contributed by atoms with E-state index in [9.17, 15) is 4.79 Å². The molecule has 1 amide bonds. The van der Waals surface area contributed by atoms with E-state index < -0.39 is 5.54 Å². The maximum absolute atomic E-state index is 13.5. The van der Waals surface area contributed by atoms with Gasteiger partial charge in [0.15, 0.2) is 0 Å². The molecule has 4 nitrogen and oxygen atoms in total. The highest BCUT2D eigenvalue weighted by molar-refractivity contribution is 7.80. The van der Waals surface area contributed by atoms with Crippen molar-refractivity contribution < 1.29 is 9.53 Å². The number of ether oxygens (including phenoxy) is 1. The Balaban J connectivity index is 1.39. The summed E-state index contributed by atoms with van der Waals surface area (Å²) in [5.74, 6) is 0.636. The second-order valence-electron chi connectivity index (χ2n) is 10.9. The average Bonchev–Trinajstić information content (AvgIpc) is 3.04. The fraction of sp³-hybridized carbons (Fsp3) is 0.189. The first-order valence-corrected chi connectivity index (χ1v) is 14.6. The van der Waals surface area contributed by atoms with Crippen molar-refractivity contribution in [1.29, 1.82) is 0 Å². The zero-order valence-corrected chi connectivity index (χ0v) is 25.1. The van der Waals surface area contributed by atoms with Crippen LogP contribution >= 0.6 is 12.2 Å². The average molecular weight is 573 g/mol. The monoisotopic (exact) mass is 572 g/mol. The molecular weight excluding hydrogens is 536 g/mol. The van der Waals surface area contributed by atoms with Gasteiger partial charge in [0.1, 0.15) is 17.3 Å². The fourth-order valence-corrected chi connectivity index (χ4v) is 5.61. The molecular formula is C37H36N2O2S. The van der Waals surface area contributed by atoms with Gasteiger partial charge in [-0.15, -0.1) is 0 Å². The maximum Gasteiger partial charge on any atom is 0.252 e. The molecule has 0 aliphatic rings. The summed E-state index contributed by atoms with van der Waals surface area (Å²) in [5, 5.41) is 5.68. The summed E-state index contributed by atoms with van der Waals surface area (Å²) in [6, 6.07) is 42.2. The van der Waals surface area contributed by atoms with Gasteiger partial charge in [-0.3, -0.25) is 4.79 Å². The number of nitrogens with zero attached hydrogens (tertiary/aromatic N) is 1. The molecule has 0 heterocycles. The Morgan fingerprint density at radius 3 is 2.14 bits per heavy atom. The smallest absolute Gasteiger partial charge is 0.252 e. The molecule has 212 valence electrons. The van der Waals surface area contributed by atoms with Crippen LogP contribution in [0, 0.1) is 0 Å². The van der Waals surface area contributed by atoms with Gasteiger partial charge in [-0.25, -0.2) is 0 Å². The molecule has 0 saturated carbocycles. The van der Waals surface area contributed by atoms with Crippen molar-refractivity contribution in [1.82, 2.24) is 10.2 Å². The van der Waals surface area contributed by atoms with E-state index in [4.69, 9.17) is 17.0 Å². The lowest BCUT2D eigenvalue weighted by atomic mass is 9.90. The van der Waals surface area contributed by atoms with Gasteiger partial charge in [-0.2, -0.15) is 0 Å². The predicted molar refractivity (Wildman–Crippen MR) is 176 cm³/mol. The van der Waals surface area contributed by atoms with E-state index in [-0.39, 0.29) is 11.9 Å². The highest BCUT2D eigenvalue weighted by Crippen LogP contribution is 2.30. The summed E-state index contributed by atoms with van der Waals surface area (Å²) >= 11 is 6.19. The lowest BCUT2D eigenvalue weighted by molar-refractivity contribution is 0.0924. The Kier molecular flexibility index (Phi) is 8.99. The second kappa shape index (κ2) is 13.0. The summed E-state index contributed by atoms with van der Waals surface area (Å²) in [4.78, 5) is 16.2. The molecule has 1 N–H and O–H groups in total. The summed E-state index contributed by atoms with van der Waals surface area (Å²) in [6.07, 6.45) is 0.524. The van der Waals surface area contributed by atoms with Gasteiger partial charge in [0.2, 0.25) is 0 Å². The highest BCUT2D eigenvalue weighted by atomic mass is 32.1. The van der Waals surface area contributed by atoms with Crippen LogP contribution in [0.1, 0.15) is 46.9 Å². The lowest BCUT2D eigenvalue weighted by Gasteiger charge is -2.39.